The van der Waals surface area contributed by atoms with Crippen molar-refractivity contribution < 1.29 is 39.7 Å². The highest BCUT2D eigenvalue weighted by atomic mass is 16.5. The van der Waals surface area contributed by atoms with Crippen LogP contribution in [0.5, 0.6) is 46.0 Å². The molecule has 2 aliphatic rings. The van der Waals surface area contributed by atoms with E-state index in [-0.39, 0.29) is 64.0 Å². The van der Waals surface area contributed by atoms with Gasteiger partial charge in [-0.15, -0.1) is 0 Å². The minimum Gasteiger partial charge on any atom is -0.507 e. The summed E-state index contributed by atoms with van der Waals surface area (Å²) in [5, 5.41) is 69.2. The summed E-state index contributed by atoms with van der Waals surface area (Å²) in [4.78, 5) is 0. The lowest BCUT2D eigenvalue weighted by Gasteiger charge is -2.33. The fourth-order valence-electron chi connectivity index (χ4n) is 9.75. The van der Waals surface area contributed by atoms with Crippen molar-refractivity contribution >= 4 is 21.5 Å². The molecule has 0 aliphatic carbocycles. The molecule has 7 N–H and O–H groups in total. The summed E-state index contributed by atoms with van der Waals surface area (Å²) in [5.41, 5.74) is 7.98. The SMILES string of the molecule is COc1cc(O)c(-c2cc(-c3cc(-c4c(O)cc(O)c5c4C[C@@H](C)N[C@@H]5C)c4cc(C)cc(OC)c4c3O)c(O)c3c(OC)cc(C)cc23)c2c1[C@@H](C)N[C@H](C)C2. The van der Waals surface area contributed by atoms with Gasteiger partial charge in [0.15, 0.2) is 0 Å². The highest BCUT2D eigenvalue weighted by molar-refractivity contribution is 6.13. The molecule has 4 atom stereocenters. The summed E-state index contributed by atoms with van der Waals surface area (Å²) in [6, 6.07) is 14.1. The average Bonchev–Trinajstić information content (AvgIpc) is 3.14. The maximum Gasteiger partial charge on any atom is 0.135 e. The lowest BCUT2D eigenvalue weighted by Crippen LogP contribution is -2.36. The first-order chi connectivity index (χ1) is 27.2. The number of aryl methyl sites for hydroxylation is 2. The van der Waals surface area contributed by atoms with Crippen molar-refractivity contribution in [3.8, 4) is 79.4 Å². The zero-order valence-corrected chi connectivity index (χ0v) is 33.8. The van der Waals surface area contributed by atoms with Gasteiger partial charge < -0.3 is 50.4 Å². The number of phenolic OH excluding ortho intramolecular Hbond substituents is 5. The minimum atomic E-state index is -0.200. The van der Waals surface area contributed by atoms with Gasteiger partial charge in [-0.25, -0.2) is 0 Å². The molecule has 10 heteroatoms. The molecule has 296 valence electrons. The Hall–Kier alpha value is -5.84. The normalized spacial score (nSPS) is 19.0. The molecular weight excluding hydrogens is 721 g/mol. The number of nitrogens with one attached hydrogen (secondary N) is 2. The largest absolute Gasteiger partial charge is 0.507 e. The molecular formula is C47H50N2O8. The van der Waals surface area contributed by atoms with E-state index in [1.807, 2.05) is 51.1 Å². The molecule has 0 bridgehead atoms. The Morgan fingerprint density at radius 1 is 0.491 bits per heavy atom. The molecule has 6 aromatic carbocycles. The number of rotatable bonds is 6. The van der Waals surface area contributed by atoms with Crippen LogP contribution in [-0.2, 0) is 12.8 Å². The standard InChI is InChI=1S/C47H50N2O8/c1-20-10-26-28(42-32-14-22(3)48-24(5)40(32)34(50)18-35(42)51)16-30(46(53)44(26)37(12-20)55-7)31-17-29(27-11-21(2)13-38(56-8)45(27)47(31)54)43-33-15-23(4)49-25(6)41(33)39(57-9)19-36(43)52/h10-13,16-19,22-25,48-54H,14-15H2,1-9H3/t22-,23-,24-,25-/m1/s1. The van der Waals surface area contributed by atoms with Gasteiger partial charge in [0, 0.05) is 69.7 Å². The molecule has 2 aliphatic heterocycles. The summed E-state index contributed by atoms with van der Waals surface area (Å²) in [6.45, 7) is 12.1. The molecule has 0 unspecified atom stereocenters. The predicted octanol–water partition coefficient (Wildman–Crippen LogP) is 9.36. The highest BCUT2D eigenvalue weighted by Gasteiger charge is 2.34. The van der Waals surface area contributed by atoms with Crippen LogP contribution in [0.1, 0.15) is 73.2 Å². The van der Waals surface area contributed by atoms with E-state index in [2.05, 4.69) is 31.4 Å². The predicted molar refractivity (Wildman–Crippen MR) is 225 cm³/mol. The van der Waals surface area contributed by atoms with Crippen LogP contribution in [0.4, 0.5) is 0 Å². The Kier molecular flexibility index (Phi) is 9.32. The summed E-state index contributed by atoms with van der Waals surface area (Å²) >= 11 is 0. The van der Waals surface area contributed by atoms with E-state index in [4.69, 9.17) is 14.2 Å². The summed E-state index contributed by atoms with van der Waals surface area (Å²) in [5.74, 6) is 1.03. The van der Waals surface area contributed by atoms with Gasteiger partial charge in [0.2, 0.25) is 0 Å². The molecule has 2 heterocycles. The Labute approximate surface area is 332 Å². The quantitative estimate of drug-likeness (QED) is 0.0872. The van der Waals surface area contributed by atoms with Crippen LogP contribution in [0.2, 0.25) is 0 Å². The topological polar surface area (TPSA) is 153 Å². The van der Waals surface area contributed by atoms with E-state index in [1.165, 1.54) is 6.07 Å². The van der Waals surface area contributed by atoms with Crippen molar-refractivity contribution in [2.45, 2.75) is 78.6 Å². The molecule has 0 aromatic heterocycles. The van der Waals surface area contributed by atoms with Crippen LogP contribution in [0, 0.1) is 13.8 Å². The van der Waals surface area contributed by atoms with Crippen LogP contribution in [-0.4, -0.2) is 58.9 Å². The molecule has 0 fully saturated rings. The smallest absolute Gasteiger partial charge is 0.135 e. The number of aromatic hydroxyl groups is 5. The van der Waals surface area contributed by atoms with Gasteiger partial charge >= 0.3 is 0 Å². The van der Waals surface area contributed by atoms with E-state index < -0.39 is 0 Å². The van der Waals surface area contributed by atoms with Crippen molar-refractivity contribution in [3.63, 3.8) is 0 Å². The van der Waals surface area contributed by atoms with Gasteiger partial charge in [-0.3, -0.25) is 0 Å². The van der Waals surface area contributed by atoms with Gasteiger partial charge in [0.25, 0.3) is 0 Å². The third-order valence-electron chi connectivity index (χ3n) is 11.9. The number of fused-ring (bicyclic) bond motifs is 4. The van der Waals surface area contributed by atoms with E-state index >= 15 is 0 Å². The first kappa shape index (κ1) is 38.1. The van der Waals surface area contributed by atoms with Crippen LogP contribution in [0.3, 0.4) is 0 Å². The second-order valence-corrected chi connectivity index (χ2v) is 16.0. The number of phenols is 5. The van der Waals surface area contributed by atoms with Gasteiger partial charge in [-0.2, -0.15) is 0 Å². The minimum absolute atomic E-state index is 0.00381. The molecule has 0 spiro atoms. The van der Waals surface area contributed by atoms with E-state index in [0.29, 0.717) is 79.5 Å². The average molecular weight is 771 g/mol. The molecule has 8 rings (SSSR count). The lowest BCUT2D eigenvalue weighted by molar-refractivity contribution is 0.377. The van der Waals surface area contributed by atoms with Gasteiger partial charge in [-0.05, 0) is 123 Å². The van der Waals surface area contributed by atoms with Crippen LogP contribution < -0.4 is 24.8 Å². The summed E-state index contributed by atoms with van der Waals surface area (Å²) in [7, 11) is 4.69. The van der Waals surface area contributed by atoms with E-state index in [0.717, 1.165) is 27.8 Å². The number of hydrogen-bond donors (Lipinski definition) is 7. The zero-order valence-electron chi connectivity index (χ0n) is 33.8. The fraction of sp³-hybridized carbons (Fsp3) is 0.319. The first-order valence-corrected chi connectivity index (χ1v) is 19.4. The zero-order chi connectivity index (χ0) is 40.8. The highest BCUT2D eigenvalue weighted by Crippen LogP contribution is 2.56. The maximum absolute atomic E-state index is 12.5. The second-order valence-electron chi connectivity index (χ2n) is 16.0. The van der Waals surface area contributed by atoms with Gasteiger partial charge in [0.05, 0.1) is 32.1 Å². The summed E-state index contributed by atoms with van der Waals surface area (Å²) < 4.78 is 17.7. The number of methoxy groups -OCH3 is 3. The van der Waals surface area contributed by atoms with Crippen molar-refractivity contribution in [1.82, 2.24) is 10.6 Å². The summed E-state index contributed by atoms with van der Waals surface area (Å²) in [6.07, 6.45) is 1.12. The monoisotopic (exact) mass is 770 g/mol. The Morgan fingerprint density at radius 3 is 1.37 bits per heavy atom. The van der Waals surface area contributed by atoms with Crippen molar-refractivity contribution in [3.05, 3.63) is 81.9 Å². The van der Waals surface area contributed by atoms with E-state index in [1.54, 1.807) is 33.5 Å². The fourth-order valence-corrected chi connectivity index (χ4v) is 9.75. The third kappa shape index (κ3) is 5.92. The molecule has 0 radical (unpaired) electrons. The molecule has 57 heavy (non-hydrogen) atoms. The molecule has 6 aromatic rings. The van der Waals surface area contributed by atoms with Crippen molar-refractivity contribution in [1.29, 1.82) is 0 Å². The number of benzene rings is 6. The first-order valence-electron chi connectivity index (χ1n) is 19.4. The van der Waals surface area contributed by atoms with Crippen LogP contribution in [0.15, 0.2) is 48.5 Å². The third-order valence-corrected chi connectivity index (χ3v) is 11.9. The van der Waals surface area contributed by atoms with Gasteiger partial charge in [0.1, 0.15) is 46.0 Å². The maximum atomic E-state index is 12.5. The van der Waals surface area contributed by atoms with Crippen LogP contribution in [0.25, 0.3) is 54.9 Å². The second kappa shape index (κ2) is 14.0. The molecule has 0 saturated heterocycles. The molecule has 0 amide bonds. The van der Waals surface area contributed by atoms with Crippen molar-refractivity contribution in [2.75, 3.05) is 21.3 Å². The number of ether oxygens (including phenoxy) is 3. The molecule has 10 nitrogen and oxygen atoms in total. The van der Waals surface area contributed by atoms with E-state index in [9.17, 15) is 25.5 Å². The Morgan fingerprint density at radius 2 is 0.912 bits per heavy atom. The van der Waals surface area contributed by atoms with Crippen molar-refractivity contribution in [2.24, 2.45) is 0 Å². The lowest BCUT2D eigenvalue weighted by atomic mass is 9.80. The Bertz CT molecular complexity index is 2650. The van der Waals surface area contributed by atoms with Gasteiger partial charge in [-0.1, -0.05) is 12.1 Å². The Balaban J connectivity index is 1.55. The number of hydrogen-bond acceptors (Lipinski definition) is 10. The molecule has 0 saturated carbocycles. The van der Waals surface area contributed by atoms with Crippen LogP contribution >= 0.6 is 0 Å².